The maximum absolute atomic E-state index is 13.0. The highest BCUT2D eigenvalue weighted by Crippen LogP contribution is 2.25. The number of halogens is 2. The molecule has 1 aromatic carbocycles. The van der Waals surface area contributed by atoms with E-state index in [0.717, 1.165) is 19.0 Å². The Kier molecular flexibility index (Phi) is 6.21. The number of carbonyl (C=O) groups is 1. The van der Waals surface area contributed by atoms with Gasteiger partial charge in [0.15, 0.2) is 6.61 Å². The zero-order valence-corrected chi connectivity index (χ0v) is 14.3. The van der Waals surface area contributed by atoms with Crippen molar-refractivity contribution >= 4 is 17.5 Å². The van der Waals surface area contributed by atoms with Crippen LogP contribution in [-0.2, 0) is 9.53 Å². The van der Waals surface area contributed by atoms with Crippen LogP contribution in [0.2, 0.25) is 5.02 Å². The molecule has 2 atom stereocenters. The van der Waals surface area contributed by atoms with Gasteiger partial charge in [0, 0.05) is 33.3 Å². The molecular weight excluding hydrogens is 323 g/mol. The molecule has 1 aliphatic rings. The topological polar surface area (TPSA) is 42.0 Å². The van der Waals surface area contributed by atoms with Gasteiger partial charge in [0.05, 0.1) is 11.1 Å². The molecule has 0 aromatic heterocycles. The first-order valence-corrected chi connectivity index (χ1v) is 7.83. The maximum Gasteiger partial charge on any atom is 0.260 e. The van der Waals surface area contributed by atoms with Gasteiger partial charge in [-0.25, -0.2) is 4.39 Å². The molecule has 0 spiro atoms. The fourth-order valence-electron chi connectivity index (χ4n) is 2.67. The molecule has 1 fully saturated rings. The van der Waals surface area contributed by atoms with Crippen molar-refractivity contribution < 1.29 is 18.7 Å². The van der Waals surface area contributed by atoms with E-state index in [4.69, 9.17) is 21.1 Å². The Balaban J connectivity index is 1.83. The minimum atomic E-state index is -0.442. The van der Waals surface area contributed by atoms with Crippen molar-refractivity contribution in [1.82, 2.24) is 9.80 Å². The highest BCUT2D eigenvalue weighted by molar-refractivity contribution is 6.32. The zero-order valence-electron chi connectivity index (χ0n) is 13.6. The fraction of sp³-hybridized carbons (Fsp3) is 0.562. The number of likely N-dealkylation sites (tertiary alicyclic amines) is 1. The lowest BCUT2D eigenvalue weighted by molar-refractivity contribution is -0.132. The summed E-state index contributed by atoms with van der Waals surface area (Å²) in [5.41, 5.74) is 0. The number of hydrogen-bond donors (Lipinski definition) is 0. The second kappa shape index (κ2) is 7.95. The molecule has 2 rings (SSSR count). The summed E-state index contributed by atoms with van der Waals surface area (Å²) in [4.78, 5) is 16.0. The van der Waals surface area contributed by atoms with Gasteiger partial charge >= 0.3 is 0 Å². The number of hydrogen-bond acceptors (Lipinski definition) is 4. The Morgan fingerprint density at radius 2 is 2.26 bits per heavy atom. The highest BCUT2D eigenvalue weighted by atomic mass is 35.5. The molecule has 1 aliphatic heterocycles. The number of benzene rings is 1. The summed E-state index contributed by atoms with van der Waals surface area (Å²) < 4.78 is 23.7. The minimum Gasteiger partial charge on any atom is -0.482 e. The standard InChI is InChI=1S/C16H22ClFN2O3/c1-19-9-13(22-3)7-12(19)8-20(2)16(21)10-23-15-5-4-11(18)6-14(15)17/h4-6,12-13H,7-10H2,1-3H3/t12-,13-/m0/s1. The summed E-state index contributed by atoms with van der Waals surface area (Å²) in [5, 5.41) is 0.152. The summed E-state index contributed by atoms with van der Waals surface area (Å²) in [6.07, 6.45) is 1.11. The van der Waals surface area contributed by atoms with Crippen molar-refractivity contribution in [3.05, 3.63) is 29.0 Å². The van der Waals surface area contributed by atoms with E-state index < -0.39 is 5.82 Å². The summed E-state index contributed by atoms with van der Waals surface area (Å²) >= 11 is 5.87. The van der Waals surface area contributed by atoms with Gasteiger partial charge in [0.2, 0.25) is 0 Å². The Labute approximate surface area is 140 Å². The van der Waals surface area contributed by atoms with Crippen molar-refractivity contribution in [2.45, 2.75) is 18.6 Å². The number of carbonyl (C=O) groups excluding carboxylic acids is 1. The third-order valence-electron chi connectivity index (χ3n) is 4.14. The van der Waals surface area contributed by atoms with Gasteiger partial charge in [0.25, 0.3) is 5.91 Å². The van der Waals surface area contributed by atoms with Crippen LogP contribution in [0.5, 0.6) is 5.75 Å². The van der Waals surface area contributed by atoms with E-state index >= 15 is 0 Å². The molecule has 0 bridgehead atoms. The number of rotatable bonds is 6. The van der Waals surface area contributed by atoms with E-state index in [0.29, 0.717) is 12.3 Å². The van der Waals surface area contributed by atoms with Crippen LogP contribution in [0.1, 0.15) is 6.42 Å². The first kappa shape index (κ1) is 18.0. The van der Waals surface area contributed by atoms with Crippen LogP contribution in [-0.4, -0.2) is 68.8 Å². The lowest BCUT2D eigenvalue weighted by Gasteiger charge is -2.25. The molecule has 1 saturated heterocycles. The SMILES string of the molecule is CO[C@H]1C[C@@H](CN(C)C(=O)COc2ccc(F)cc2Cl)N(C)C1. The molecule has 5 nitrogen and oxygen atoms in total. The lowest BCUT2D eigenvalue weighted by Crippen LogP contribution is -2.41. The fourth-order valence-corrected chi connectivity index (χ4v) is 2.89. The van der Waals surface area contributed by atoms with Gasteiger partial charge in [0.1, 0.15) is 11.6 Å². The molecule has 0 aliphatic carbocycles. The van der Waals surface area contributed by atoms with Crippen LogP contribution in [0.3, 0.4) is 0 Å². The second-order valence-corrected chi connectivity index (χ2v) is 6.23. The van der Waals surface area contributed by atoms with E-state index in [1.807, 2.05) is 7.05 Å². The predicted molar refractivity (Wildman–Crippen MR) is 86.4 cm³/mol. The van der Waals surface area contributed by atoms with Gasteiger partial charge in [-0.2, -0.15) is 0 Å². The lowest BCUT2D eigenvalue weighted by atomic mass is 10.2. The van der Waals surface area contributed by atoms with Crippen LogP contribution >= 0.6 is 11.6 Å². The normalized spacial score (nSPS) is 21.4. The average Bonchev–Trinajstić information content (AvgIpc) is 2.86. The molecule has 23 heavy (non-hydrogen) atoms. The van der Waals surface area contributed by atoms with Gasteiger partial charge in [-0.15, -0.1) is 0 Å². The van der Waals surface area contributed by atoms with Crippen LogP contribution in [0.25, 0.3) is 0 Å². The Bertz CT molecular complexity index is 558. The highest BCUT2D eigenvalue weighted by Gasteiger charge is 2.30. The molecule has 1 heterocycles. The van der Waals surface area contributed by atoms with E-state index in [1.165, 1.54) is 12.1 Å². The summed E-state index contributed by atoms with van der Waals surface area (Å²) in [6, 6.07) is 4.08. The van der Waals surface area contributed by atoms with Crippen molar-refractivity contribution in [3.63, 3.8) is 0 Å². The molecule has 1 amide bonds. The van der Waals surface area contributed by atoms with Gasteiger partial charge in [-0.05, 0) is 31.7 Å². The van der Waals surface area contributed by atoms with Crippen LogP contribution < -0.4 is 4.74 Å². The van der Waals surface area contributed by atoms with Crippen LogP contribution in [0, 0.1) is 5.82 Å². The Hall–Kier alpha value is -1.37. The van der Waals surface area contributed by atoms with Gasteiger partial charge < -0.3 is 14.4 Å². The molecule has 7 heteroatoms. The quantitative estimate of drug-likeness (QED) is 0.792. The largest absolute Gasteiger partial charge is 0.482 e. The minimum absolute atomic E-state index is 0.133. The van der Waals surface area contributed by atoms with Gasteiger partial charge in [-0.1, -0.05) is 11.6 Å². The van der Waals surface area contributed by atoms with E-state index in [2.05, 4.69) is 4.90 Å². The van der Waals surface area contributed by atoms with E-state index in [-0.39, 0.29) is 29.7 Å². The number of nitrogens with zero attached hydrogens (tertiary/aromatic N) is 2. The number of ether oxygens (including phenoxy) is 2. The number of methoxy groups -OCH3 is 1. The summed E-state index contributed by atoms with van der Waals surface area (Å²) in [7, 11) is 5.47. The third kappa shape index (κ3) is 4.80. The molecule has 128 valence electrons. The molecular formula is C16H22ClFN2O3. The van der Waals surface area contributed by atoms with E-state index in [9.17, 15) is 9.18 Å². The van der Waals surface area contributed by atoms with Crippen molar-refractivity contribution in [2.24, 2.45) is 0 Å². The van der Waals surface area contributed by atoms with Crippen molar-refractivity contribution in [2.75, 3.05) is 40.9 Å². The zero-order chi connectivity index (χ0) is 17.0. The van der Waals surface area contributed by atoms with E-state index in [1.54, 1.807) is 19.1 Å². The smallest absolute Gasteiger partial charge is 0.260 e. The summed E-state index contributed by atoms with van der Waals surface area (Å²) in [6.45, 7) is 1.34. The van der Waals surface area contributed by atoms with Crippen LogP contribution in [0.15, 0.2) is 18.2 Å². The second-order valence-electron chi connectivity index (χ2n) is 5.82. The monoisotopic (exact) mass is 344 g/mol. The van der Waals surface area contributed by atoms with Crippen molar-refractivity contribution in [1.29, 1.82) is 0 Å². The Morgan fingerprint density at radius 3 is 2.87 bits per heavy atom. The number of likely N-dealkylation sites (N-methyl/N-ethyl adjacent to an activating group) is 2. The van der Waals surface area contributed by atoms with Crippen molar-refractivity contribution in [3.8, 4) is 5.75 Å². The maximum atomic E-state index is 13.0. The first-order chi connectivity index (χ1) is 10.9. The molecule has 0 N–H and O–H groups in total. The van der Waals surface area contributed by atoms with Crippen LogP contribution in [0.4, 0.5) is 4.39 Å². The number of amides is 1. The molecule has 0 unspecified atom stereocenters. The Morgan fingerprint density at radius 1 is 1.52 bits per heavy atom. The summed E-state index contributed by atoms with van der Waals surface area (Å²) in [5.74, 6) is -0.297. The molecule has 0 radical (unpaired) electrons. The average molecular weight is 345 g/mol. The molecule has 1 aromatic rings. The third-order valence-corrected chi connectivity index (χ3v) is 4.43. The van der Waals surface area contributed by atoms with Gasteiger partial charge in [-0.3, -0.25) is 9.69 Å². The molecule has 0 saturated carbocycles. The predicted octanol–water partition coefficient (Wildman–Crippen LogP) is 2.04. The first-order valence-electron chi connectivity index (χ1n) is 7.45.